The van der Waals surface area contributed by atoms with Gasteiger partial charge in [0.2, 0.25) is 0 Å². The summed E-state index contributed by atoms with van der Waals surface area (Å²) >= 11 is 1.44. The van der Waals surface area contributed by atoms with E-state index in [9.17, 15) is 9.18 Å². The number of carbonyl (C=O) groups excluding carboxylic acids is 1. The summed E-state index contributed by atoms with van der Waals surface area (Å²) in [4.78, 5) is 21.7. The molecule has 164 valence electrons. The number of aromatic nitrogens is 1. The number of hydrogen-bond donors (Lipinski definition) is 0. The first-order chi connectivity index (χ1) is 15.1. The van der Waals surface area contributed by atoms with Gasteiger partial charge in [-0.15, -0.1) is 0 Å². The Bertz CT molecular complexity index is 1020. The van der Waals surface area contributed by atoms with Gasteiger partial charge in [-0.3, -0.25) is 14.6 Å². The molecular formula is C22H24FN3O4S. The number of morpholine rings is 1. The SMILES string of the molecule is COc1ccc2nc(N(CCN3CCOCC3)C(=O)COc3ccc(F)cc3)sc2c1. The lowest BCUT2D eigenvalue weighted by atomic mass is 10.3. The molecule has 0 radical (unpaired) electrons. The van der Waals surface area contributed by atoms with Gasteiger partial charge in [-0.25, -0.2) is 9.37 Å². The number of fused-ring (bicyclic) bond motifs is 1. The van der Waals surface area contributed by atoms with Gasteiger partial charge in [-0.05, 0) is 42.5 Å². The van der Waals surface area contributed by atoms with Gasteiger partial charge in [0.25, 0.3) is 5.91 Å². The molecule has 1 aliphatic rings. The highest BCUT2D eigenvalue weighted by atomic mass is 32.1. The number of benzene rings is 2. The van der Waals surface area contributed by atoms with E-state index in [4.69, 9.17) is 14.2 Å². The molecule has 1 fully saturated rings. The van der Waals surface area contributed by atoms with Crippen LogP contribution in [0, 0.1) is 5.82 Å². The van der Waals surface area contributed by atoms with E-state index in [-0.39, 0.29) is 18.3 Å². The third-order valence-corrected chi connectivity index (χ3v) is 6.08. The van der Waals surface area contributed by atoms with Crippen molar-refractivity contribution in [1.29, 1.82) is 0 Å². The van der Waals surface area contributed by atoms with Crippen LogP contribution in [0.1, 0.15) is 0 Å². The maximum absolute atomic E-state index is 13.1. The molecule has 2 heterocycles. The predicted octanol–water partition coefficient (Wildman–Crippen LogP) is 3.19. The number of halogens is 1. The van der Waals surface area contributed by atoms with Crippen LogP contribution in [0.4, 0.5) is 9.52 Å². The monoisotopic (exact) mass is 445 g/mol. The van der Waals surface area contributed by atoms with Crippen molar-refractivity contribution >= 4 is 32.6 Å². The zero-order chi connectivity index (χ0) is 21.6. The number of anilines is 1. The number of amides is 1. The number of hydrogen-bond acceptors (Lipinski definition) is 7. The van der Waals surface area contributed by atoms with Crippen molar-refractivity contribution in [3.05, 3.63) is 48.3 Å². The minimum absolute atomic E-state index is 0.159. The summed E-state index contributed by atoms with van der Waals surface area (Å²) in [6.07, 6.45) is 0. The van der Waals surface area contributed by atoms with Crippen LogP contribution in [0.25, 0.3) is 10.2 Å². The Balaban J connectivity index is 1.51. The minimum atomic E-state index is -0.351. The average molecular weight is 446 g/mol. The summed E-state index contributed by atoms with van der Waals surface area (Å²) in [7, 11) is 1.62. The Morgan fingerprint density at radius 1 is 1.19 bits per heavy atom. The molecule has 0 unspecified atom stereocenters. The lowest BCUT2D eigenvalue weighted by Gasteiger charge is -2.29. The fourth-order valence-electron chi connectivity index (χ4n) is 3.28. The highest BCUT2D eigenvalue weighted by molar-refractivity contribution is 7.22. The van der Waals surface area contributed by atoms with Crippen LogP contribution in [-0.4, -0.2) is 68.9 Å². The number of rotatable bonds is 8. The average Bonchev–Trinajstić information content (AvgIpc) is 3.22. The highest BCUT2D eigenvalue weighted by Crippen LogP contribution is 2.31. The molecule has 1 saturated heterocycles. The highest BCUT2D eigenvalue weighted by Gasteiger charge is 2.22. The maximum Gasteiger partial charge on any atom is 0.266 e. The molecule has 1 amide bonds. The molecule has 0 spiro atoms. The number of methoxy groups -OCH3 is 1. The Labute approximate surface area is 183 Å². The van der Waals surface area contributed by atoms with E-state index in [0.29, 0.717) is 37.2 Å². The molecule has 0 bridgehead atoms. The van der Waals surface area contributed by atoms with Crippen molar-refractivity contribution in [3.8, 4) is 11.5 Å². The Morgan fingerprint density at radius 2 is 1.94 bits per heavy atom. The predicted molar refractivity (Wildman–Crippen MR) is 118 cm³/mol. The van der Waals surface area contributed by atoms with Crippen LogP contribution in [0.5, 0.6) is 11.5 Å². The van der Waals surface area contributed by atoms with Crippen molar-refractivity contribution in [2.24, 2.45) is 0 Å². The van der Waals surface area contributed by atoms with Gasteiger partial charge < -0.3 is 14.2 Å². The molecule has 4 rings (SSSR count). The van der Waals surface area contributed by atoms with E-state index in [1.54, 1.807) is 12.0 Å². The third kappa shape index (κ3) is 5.49. The first-order valence-electron chi connectivity index (χ1n) is 10.1. The summed E-state index contributed by atoms with van der Waals surface area (Å²) in [6, 6.07) is 11.3. The van der Waals surface area contributed by atoms with Gasteiger partial charge in [0.15, 0.2) is 11.7 Å². The summed E-state index contributed by atoms with van der Waals surface area (Å²) in [5.74, 6) is 0.629. The molecule has 0 N–H and O–H groups in total. The van der Waals surface area contributed by atoms with E-state index in [2.05, 4.69) is 9.88 Å². The van der Waals surface area contributed by atoms with Crippen LogP contribution in [0.15, 0.2) is 42.5 Å². The smallest absolute Gasteiger partial charge is 0.266 e. The second-order valence-corrected chi connectivity index (χ2v) is 8.08. The summed E-state index contributed by atoms with van der Waals surface area (Å²) in [6.45, 7) is 4.11. The molecule has 1 aliphatic heterocycles. The molecule has 31 heavy (non-hydrogen) atoms. The van der Waals surface area contributed by atoms with Gasteiger partial charge in [0, 0.05) is 26.2 Å². The molecule has 9 heteroatoms. The zero-order valence-electron chi connectivity index (χ0n) is 17.3. The van der Waals surface area contributed by atoms with Crippen LogP contribution >= 0.6 is 11.3 Å². The van der Waals surface area contributed by atoms with Gasteiger partial charge in [0.1, 0.15) is 17.3 Å². The number of nitrogens with zero attached hydrogens (tertiary/aromatic N) is 3. The van der Waals surface area contributed by atoms with Crippen LogP contribution in [0.3, 0.4) is 0 Å². The molecule has 7 nitrogen and oxygen atoms in total. The van der Waals surface area contributed by atoms with Gasteiger partial charge >= 0.3 is 0 Å². The molecular weight excluding hydrogens is 421 g/mol. The van der Waals surface area contributed by atoms with Crippen molar-refractivity contribution in [3.63, 3.8) is 0 Å². The summed E-state index contributed by atoms with van der Waals surface area (Å²) in [5, 5.41) is 0.615. The summed E-state index contributed by atoms with van der Waals surface area (Å²) < 4.78 is 30.3. The van der Waals surface area contributed by atoms with Gasteiger partial charge in [-0.2, -0.15) is 0 Å². The van der Waals surface area contributed by atoms with Crippen molar-refractivity contribution in [1.82, 2.24) is 9.88 Å². The lowest BCUT2D eigenvalue weighted by molar-refractivity contribution is -0.120. The second kappa shape index (κ2) is 10.0. The fraction of sp³-hybridized carbons (Fsp3) is 0.364. The quantitative estimate of drug-likeness (QED) is 0.531. The Morgan fingerprint density at radius 3 is 2.68 bits per heavy atom. The van der Waals surface area contributed by atoms with E-state index in [1.807, 2.05) is 18.2 Å². The van der Waals surface area contributed by atoms with Crippen molar-refractivity contribution < 1.29 is 23.4 Å². The molecule has 0 atom stereocenters. The van der Waals surface area contributed by atoms with E-state index < -0.39 is 0 Å². The fourth-order valence-corrected chi connectivity index (χ4v) is 4.32. The van der Waals surface area contributed by atoms with Crippen LogP contribution < -0.4 is 14.4 Å². The van der Waals surface area contributed by atoms with Crippen molar-refractivity contribution in [2.45, 2.75) is 0 Å². The topological polar surface area (TPSA) is 64.1 Å². The first-order valence-corrected chi connectivity index (χ1v) is 10.9. The van der Waals surface area contributed by atoms with E-state index in [1.165, 1.54) is 35.6 Å². The number of carbonyl (C=O) groups is 1. The maximum atomic E-state index is 13.1. The minimum Gasteiger partial charge on any atom is -0.497 e. The second-order valence-electron chi connectivity index (χ2n) is 7.07. The largest absolute Gasteiger partial charge is 0.497 e. The molecule has 1 aromatic heterocycles. The van der Waals surface area contributed by atoms with Crippen molar-refractivity contribution in [2.75, 3.05) is 58.0 Å². The summed E-state index contributed by atoms with van der Waals surface area (Å²) in [5.41, 5.74) is 0.810. The number of thiazole rings is 1. The first kappa shape index (κ1) is 21.5. The molecule has 2 aromatic carbocycles. The standard InChI is InChI=1S/C22H24FN3O4S/c1-28-18-6-7-19-20(14-18)31-22(24-19)26(9-8-25-10-12-29-13-11-25)21(27)15-30-17-4-2-16(23)3-5-17/h2-7,14H,8-13,15H2,1H3. The molecule has 3 aromatic rings. The molecule has 0 saturated carbocycles. The number of ether oxygens (including phenoxy) is 3. The van der Waals surface area contributed by atoms with Crippen LogP contribution in [-0.2, 0) is 9.53 Å². The zero-order valence-corrected chi connectivity index (χ0v) is 18.1. The third-order valence-electron chi connectivity index (χ3n) is 5.04. The normalized spacial score (nSPS) is 14.5. The van der Waals surface area contributed by atoms with Gasteiger partial charge in [0.05, 0.1) is 30.5 Å². The Kier molecular flexibility index (Phi) is 6.96. The van der Waals surface area contributed by atoms with E-state index in [0.717, 1.165) is 29.1 Å². The molecule has 0 aliphatic carbocycles. The van der Waals surface area contributed by atoms with Gasteiger partial charge in [-0.1, -0.05) is 11.3 Å². The Hall–Kier alpha value is -2.75. The van der Waals surface area contributed by atoms with Crippen LogP contribution in [0.2, 0.25) is 0 Å². The van der Waals surface area contributed by atoms with E-state index >= 15 is 0 Å². The lowest BCUT2D eigenvalue weighted by Crippen LogP contribution is -2.44.